The number of carbonyl (C=O) groups excluding carboxylic acids is 1. The Labute approximate surface area is 118 Å². The van der Waals surface area contributed by atoms with Crippen molar-refractivity contribution < 1.29 is 9.90 Å². The second kappa shape index (κ2) is 6.29. The van der Waals surface area contributed by atoms with Gasteiger partial charge in [0.15, 0.2) is 0 Å². The molecule has 1 heterocycles. The normalized spacial score (nSPS) is 18.4. The van der Waals surface area contributed by atoms with E-state index < -0.39 is 6.10 Å². The molecule has 1 amide bonds. The molecule has 0 unspecified atom stereocenters. The van der Waals surface area contributed by atoms with E-state index >= 15 is 0 Å². The number of piperidine rings is 1. The van der Waals surface area contributed by atoms with E-state index in [2.05, 4.69) is 23.6 Å². The van der Waals surface area contributed by atoms with Crippen LogP contribution >= 0.6 is 0 Å². The number of hydrogen-bond acceptors (Lipinski definition) is 5. The second-order valence-corrected chi connectivity index (χ2v) is 4.64. The number of para-hydroxylation sites is 1. The van der Waals surface area contributed by atoms with E-state index in [0.717, 1.165) is 12.8 Å². The molecule has 1 aromatic rings. The number of aliphatic hydroxyl groups is 1. The van der Waals surface area contributed by atoms with Crippen LogP contribution in [0.1, 0.15) is 23.2 Å². The van der Waals surface area contributed by atoms with Gasteiger partial charge in [-0.3, -0.25) is 4.79 Å². The van der Waals surface area contributed by atoms with Crippen molar-refractivity contribution in [1.82, 2.24) is 4.90 Å². The Balaban J connectivity index is 2.29. The van der Waals surface area contributed by atoms with Crippen LogP contribution in [0.3, 0.4) is 0 Å². The highest BCUT2D eigenvalue weighted by molar-refractivity contribution is 5.99. The monoisotopic (exact) mass is 274 g/mol. The number of β-amino-alcohol motifs (C(OH)–C–C–N with tert-alkyl or cyclic N) is 1. The Hall–Kier alpha value is -2.21. The SMILES string of the molecule is C=NN(N=C)c1ccccc1C(=O)N1CCC[C@@H](O)C1. The summed E-state index contributed by atoms with van der Waals surface area (Å²) < 4.78 is 0. The third-order valence-electron chi connectivity index (χ3n) is 3.30. The molecule has 0 aliphatic carbocycles. The van der Waals surface area contributed by atoms with Crippen LogP contribution in [0.2, 0.25) is 0 Å². The molecule has 6 nitrogen and oxygen atoms in total. The number of hydrazone groups is 2. The predicted octanol–water partition coefficient (Wildman–Crippen LogP) is 1.32. The van der Waals surface area contributed by atoms with Crippen molar-refractivity contribution in [2.75, 3.05) is 18.2 Å². The van der Waals surface area contributed by atoms with Crippen molar-refractivity contribution in [1.29, 1.82) is 0 Å². The lowest BCUT2D eigenvalue weighted by molar-refractivity contribution is 0.0474. The quantitative estimate of drug-likeness (QED) is 0.665. The van der Waals surface area contributed by atoms with Gasteiger partial charge in [0.1, 0.15) is 0 Å². The summed E-state index contributed by atoms with van der Waals surface area (Å²) in [5, 5.41) is 18.3. The molecule has 1 aliphatic rings. The lowest BCUT2D eigenvalue weighted by Crippen LogP contribution is -2.42. The largest absolute Gasteiger partial charge is 0.391 e. The standard InChI is InChI=1S/C14H18N4O2/c1-15-18(16-2)13-8-4-3-7-12(13)14(20)17-9-5-6-11(19)10-17/h3-4,7-8,11,19H,1-2,5-6,9-10H2/t11-/m1/s1. The van der Waals surface area contributed by atoms with Crippen molar-refractivity contribution in [2.24, 2.45) is 10.2 Å². The van der Waals surface area contributed by atoms with Gasteiger partial charge < -0.3 is 10.0 Å². The molecule has 0 bridgehead atoms. The van der Waals surface area contributed by atoms with Gasteiger partial charge in [0.05, 0.1) is 17.4 Å². The average Bonchev–Trinajstić information content (AvgIpc) is 2.48. The van der Waals surface area contributed by atoms with Gasteiger partial charge in [0.2, 0.25) is 0 Å². The maximum absolute atomic E-state index is 12.6. The van der Waals surface area contributed by atoms with Crippen molar-refractivity contribution in [3.8, 4) is 0 Å². The van der Waals surface area contributed by atoms with Gasteiger partial charge in [-0.25, -0.2) is 0 Å². The predicted molar refractivity (Wildman–Crippen MR) is 79.2 cm³/mol. The molecule has 0 aromatic heterocycles. The molecule has 2 rings (SSSR count). The van der Waals surface area contributed by atoms with Crippen LogP contribution in [-0.4, -0.2) is 48.5 Å². The number of likely N-dealkylation sites (tertiary alicyclic amines) is 1. The average molecular weight is 274 g/mol. The third kappa shape index (κ3) is 2.85. The fraction of sp³-hybridized carbons (Fsp3) is 0.357. The van der Waals surface area contributed by atoms with E-state index in [-0.39, 0.29) is 5.91 Å². The Morgan fingerprint density at radius 3 is 2.70 bits per heavy atom. The number of rotatable bonds is 4. The number of nitrogens with zero attached hydrogens (tertiary/aromatic N) is 4. The molecular formula is C14H18N4O2. The molecule has 0 spiro atoms. The highest BCUT2D eigenvalue weighted by atomic mass is 16.3. The Kier molecular flexibility index (Phi) is 4.47. The van der Waals surface area contributed by atoms with Crippen molar-refractivity contribution in [3.63, 3.8) is 0 Å². The van der Waals surface area contributed by atoms with E-state index in [1.54, 1.807) is 29.2 Å². The summed E-state index contributed by atoms with van der Waals surface area (Å²) in [5.74, 6) is -0.142. The Bertz CT molecular complexity index is 510. The molecule has 1 fully saturated rings. The summed E-state index contributed by atoms with van der Waals surface area (Å²) in [7, 11) is 0. The van der Waals surface area contributed by atoms with Gasteiger partial charge in [0.25, 0.3) is 5.91 Å². The van der Waals surface area contributed by atoms with Crippen molar-refractivity contribution in [3.05, 3.63) is 29.8 Å². The molecule has 1 saturated heterocycles. The molecule has 1 atom stereocenters. The van der Waals surface area contributed by atoms with Gasteiger partial charge in [-0.1, -0.05) is 12.1 Å². The Morgan fingerprint density at radius 2 is 2.05 bits per heavy atom. The zero-order valence-corrected chi connectivity index (χ0v) is 11.3. The lowest BCUT2D eigenvalue weighted by Gasteiger charge is -2.31. The number of carbonyl (C=O) groups is 1. The summed E-state index contributed by atoms with van der Waals surface area (Å²) in [5.41, 5.74) is 1.00. The first kappa shape index (κ1) is 14.2. The summed E-state index contributed by atoms with van der Waals surface area (Å²) in [6, 6.07) is 7.01. The summed E-state index contributed by atoms with van der Waals surface area (Å²) in [6.45, 7) is 7.82. The summed E-state index contributed by atoms with van der Waals surface area (Å²) >= 11 is 0. The minimum absolute atomic E-state index is 0.142. The van der Waals surface area contributed by atoms with E-state index in [0.29, 0.717) is 24.3 Å². The Morgan fingerprint density at radius 1 is 1.35 bits per heavy atom. The lowest BCUT2D eigenvalue weighted by atomic mass is 10.1. The van der Waals surface area contributed by atoms with Gasteiger partial charge in [-0.05, 0) is 25.0 Å². The van der Waals surface area contributed by atoms with E-state index in [1.165, 1.54) is 5.12 Å². The minimum atomic E-state index is -0.453. The fourth-order valence-corrected chi connectivity index (χ4v) is 2.34. The van der Waals surface area contributed by atoms with Gasteiger partial charge in [-0.15, -0.1) is 0 Å². The van der Waals surface area contributed by atoms with Crippen LogP contribution < -0.4 is 5.12 Å². The zero-order valence-electron chi connectivity index (χ0n) is 11.3. The van der Waals surface area contributed by atoms with E-state index in [9.17, 15) is 9.90 Å². The molecule has 1 N–H and O–H groups in total. The molecule has 6 heteroatoms. The highest BCUT2D eigenvalue weighted by Gasteiger charge is 2.25. The minimum Gasteiger partial charge on any atom is -0.391 e. The molecule has 1 aliphatic heterocycles. The first-order valence-corrected chi connectivity index (χ1v) is 6.47. The fourth-order valence-electron chi connectivity index (χ4n) is 2.34. The van der Waals surface area contributed by atoms with E-state index in [4.69, 9.17) is 0 Å². The number of anilines is 1. The van der Waals surface area contributed by atoms with Crippen LogP contribution in [0, 0.1) is 0 Å². The first-order chi connectivity index (χ1) is 9.67. The number of aliphatic hydroxyl groups excluding tert-OH is 1. The third-order valence-corrected chi connectivity index (χ3v) is 3.30. The summed E-state index contributed by atoms with van der Waals surface area (Å²) in [4.78, 5) is 14.2. The maximum Gasteiger partial charge on any atom is 0.256 e. The molecule has 1 aromatic carbocycles. The number of hydrogen-bond donors (Lipinski definition) is 1. The van der Waals surface area contributed by atoms with Crippen LogP contribution in [0.15, 0.2) is 34.5 Å². The van der Waals surface area contributed by atoms with Crippen LogP contribution in [0.4, 0.5) is 5.69 Å². The topological polar surface area (TPSA) is 68.5 Å². The van der Waals surface area contributed by atoms with Crippen LogP contribution in [0.25, 0.3) is 0 Å². The highest BCUT2D eigenvalue weighted by Crippen LogP contribution is 2.24. The molecular weight excluding hydrogens is 256 g/mol. The molecule has 106 valence electrons. The smallest absolute Gasteiger partial charge is 0.256 e. The zero-order chi connectivity index (χ0) is 14.5. The van der Waals surface area contributed by atoms with E-state index in [1.807, 2.05) is 0 Å². The van der Waals surface area contributed by atoms with Gasteiger partial charge >= 0.3 is 0 Å². The van der Waals surface area contributed by atoms with Crippen LogP contribution in [-0.2, 0) is 0 Å². The number of benzene rings is 1. The molecule has 20 heavy (non-hydrogen) atoms. The maximum atomic E-state index is 12.6. The number of amides is 1. The molecule has 0 radical (unpaired) electrons. The van der Waals surface area contributed by atoms with Gasteiger partial charge in [0, 0.05) is 26.5 Å². The van der Waals surface area contributed by atoms with Gasteiger partial charge in [-0.2, -0.15) is 15.3 Å². The van der Waals surface area contributed by atoms with Crippen molar-refractivity contribution >= 4 is 25.0 Å². The van der Waals surface area contributed by atoms with Crippen LogP contribution in [0.5, 0.6) is 0 Å². The van der Waals surface area contributed by atoms with Crippen molar-refractivity contribution in [2.45, 2.75) is 18.9 Å². The molecule has 0 saturated carbocycles. The first-order valence-electron chi connectivity index (χ1n) is 6.47. The second-order valence-electron chi connectivity index (χ2n) is 4.64. The summed E-state index contributed by atoms with van der Waals surface area (Å²) in [6.07, 6.45) is 1.09.